The van der Waals surface area contributed by atoms with Crippen LogP contribution in [0.1, 0.15) is 24.2 Å². The second-order valence-corrected chi connectivity index (χ2v) is 6.00. The second kappa shape index (κ2) is 8.56. The van der Waals surface area contributed by atoms with Gasteiger partial charge in [0.05, 0.1) is 24.5 Å². The van der Waals surface area contributed by atoms with Crippen molar-refractivity contribution in [1.29, 1.82) is 0 Å². The molecule has 0 aliphatic carbocycles. The van der Waals surface area contributed by atoms with Crippen molar-refractivity contribution in [3.8, 4) is 11.6 Å². The Morgan fingerprint density at radius 1 is 1.00 bits per heavy atom. The summed E-state index contributed by atoms with van der Waals surface area (Å²) in [6.45, 7) is 7.99. The minimum absolute atomic E-state index is 0.0123. The van der Waals surface area contributed by atoms with Crippen molar-refractivity contribution in [3.05, 3.63) is 48.2 Å². The lowest BCUT2D eigenvalue weighted by atomic mass is 10.2. The van der Waals surface area contributed by atoms with Crippen LogP contribution in [-0.2, 0) is 0 Å². The average molecular weight is 355 g/mol. The van der Waals surface area contributed by atoms with Crippen LogP contribution in [0.25, 0.3) is 0 Å². The van der Waals surface area contributed by atoms with Gasteiger partial charge in [0.15, 0.2) is 0 Å². The standard InChI is InChI=1S/C20H25N3O3/c1-3-25-18-8-6-5-7-17(18)22-11-13-23(14-12-22)20(24)16-9-10-19(21-15-16)26-4-2/h5-10,15H,3-4,11-14H2,1-2H3. The first-order valence-corrected chi connectivity index (χ1v) is 9.07. The molecule has 0 N–H and O–H groups in total. The number of anilines is 1. The maximum Gasteiger partial charge on any atom is 0.255 e. The molecule has 0 radical (unpaired) electrons. The number of piperazine rings is 1. The molecule has 0 spiro atoms. The Bertz CT molecular complexity index is 725. The molecule has 26 heavy (non-hydrogen) atoms. The molecule has 1 aromatic heterocycles. The van der Waals surface area contributed by atoms with E-state index in [4.69, 9.17) is 9.47 Å². The molecule has 0 unspecified atom stereocenters. The number of nitrogens with zero attached hydrogens (tertiary/aromatic N) is 3. The van der Waals surface area contributed by atoms with Crippen LogP contribution in [0, 0.1) is 0 Å². The minimum atomic E-state index is 0.0123. The highest BCUT2D eigenvalue weighted by Crippen LogP contribution is 2.29. The fourth-order valence-electron chi connectivity index (χ4n) is 3.07. The fourth-order valence-corrected chi connectivity index (χ4v) is 3.07. The predicted octanol–water partition coefficient (Wildman–Crippen LogP) is 2.84. The minimum Gasteiger partial charge on any atom is -0.492 e. The van der Waals surface area contributed by atoms with Crippen LogP contribution in [0.15, 0.2) is 42.6 Å². The molecule has 0 atom stereocenters. The average Bonchev–Trinajstić information content (AvgIpc) is 2.69. The number of ether oxygens (including phenoxy) is 2. The zero-order chi connectivity index (χ0) is 18.4. The number of benzene rings is 1. The van der Waals surface area contributed by atoms with Gasteiger partial charge >= 0.3 is 0 Å². The highest BCUT2D eigenvalue weighted by molar-refractivity contribution is 5.94. The summed E-state index contributed by atoms with van der Waals surface area (Å²) in [5.41, 5.74) is 1.68. The number of hydrogen-bond donors (Lipinski definition) is 0. The van der Waals surface area contributed by atoms with E-state index in [9.17, 15) is 4.79 Å². The number of carbonyl (C=O) groups excluding carboxylic acids is 1. The van der Waals surface area contributed by atoms with Crippen LogP contribution in [0.5, 0.6) is 11.6 Å². The maximum atomic E-state index is 12.7. The van der Waals surface area contributed by atoms with Gasteiger partial charge < -0.3 is 19.3 Å². The van der Waals surface area contributed by atoms with Crippen molar-refractivity contribution < 1.29 is 14.3 Å². The Morgan fingerprint density at radius 3 is 2.38 bits per heavy atom. The topological polar surface area (TPSA) is 54.9 Å². The summed E-state index contributed by atoms with van der Waals surface area (Å²) in [5, 5.41) is 0. The largest absolute Gasteiger partial charge is 0.492 e. The normalized spacial score (nSPS) is 14.2. The first kappa shape index (κ1) is 18.0. The van der Waals surface area contributed by atoms with E-state index in [1.807, 2.05) is 36.9 Å². The molecule has 0 saturated carbocycles. The van der Waals surface area contributed by atoms with Crippen LogP contribution in [-0.4, -0.2) is 55.2 Å². The molecule has 2 aromatic rings. The number of rotatable bonds is 6. The lowest BCUT2D eigenvalue weighted by molar-refractivity contribution is 0.0746. The molecule has 0 bridgehead atoms. The third kappa shape index (κ3) is 4.07. The Balaban J connectivity index is 1.62. The van der Waals surface area contributed by atoms with Crippen LogP contribution in [0.4, 0.5) is 5.69 Å². The number of para-hydroxylation sites is 2. The zero-order valence-corrected chi connectivity index (χ0v) is 15.4. The van der Waals surface area contributed by atoms with Crippen LogP contribution in [0.2, 0.25) is 0 Å². The summed E-state index contributed by atoms with van der Waals surface area (Å²) in [7, 11) is 0. The van der Waals surface area contributed by atoms with Crippen molar-refractivity contribution in [2.24, 2.45) is 0 Å². The van der Waals surface area contributed by atoms with Crippen molar-refractivity contribution in [1.82, 2.24) is 9.88 Å². The fraction of sp³-hybridized carbons (Fsp3) is 0.400. The number of hydrogen-bond acceptors (Lipinski definition) is 5. The molecule has 1 fully saturated rings. The molecular weight excluding hydrogens is 330 g/mol. The van der Waals surface area contributed by atoms with Crippen LogP contribution in [0.3, 0.4) is 0 Å². The van der Waals surface area contributed by atoms with E-state index in [1.165, 1.54) is 0 Å². The van der Waals surface area contributed by atoms with Gasteiger partial charge in [0.25, 0.3) is 5.91 Å². The second-order valence-electron chi connectivity index (χ2n) is 6.00. The number of pyridine rings is 1. The third-order valence-corrected chi connectivity index (χ3v) is 4.35. The summed E-state index contributed by atoms with van der Waals surface area (Å²) < 4.78 is 11.0. The van der Waals surface area contributed by atoms with Crippen molar-refractivity contribution in [2.45, 2.75) is 13.8 Å². The quantitative estimate of drug-likeness (QED) is 0.798. The van der Waals surface area contributed by atoms with Crippen molar-refractivity contribution in [2.75, 3.05) is 44.3 Å². The smallest absolute Gasteiger partial charge is 0.255 e. The molecule has 1 aliphatic rings. The van der Waals surface area contributed by atoms with Crippen LogP contribution >= 0.6 is 0 Å². The van der Waals surface area contributed by atoms with Crippen molar-refractivity contribution in [3.63, 3.8) is 0 Å². The summed E-state index contributed by atoms with van der Waals surface area (Å²) >= 11 is 0. The molecular formula is C20H25N3O3. The molecule has 2 heterocycles. The van der Waals surface area contributed by atoms with Gasteiger partial charge in [-0.1, -0.05) is 12.1 Å². The van der Waals surface area contributed by atoms with E-state index in [1.54, 1.807) is 18.3 Å². The molecule has 1 aromatic carbocycles. The summed E-state index contributed by atoms with van der Waals surface area (Å²) in [6, 6.07) is 11.6. The number of aromatic nitrogens is 1. The van der Waals surface area contributed by atoms with E-state index in [0.717, 1.165) is 24.5 Å². The summed E-state index contributed by atoms with van der Waals surface area (Å²) in [6.07, 6.45) is 1.59. The van der Waals surface area contributed by atoms with Gasteiger partial charge in [-0.2, -0.15) is 0 Å². The van der Waals surface area contributed by atoms with Crippen molar-refractivity contribution >= 4 is 11.6 Å². The molecule has 6 heteroatoms. The molecule has 1 aliphatic heterocycles. The van der Waals surface area contributed by atoms with Gasteiger partial charge in [0.1, 0.15) is 5.75 Å². The summed E-state index contributed by atoms with van der Waals surface area (Å²) in [4.78, 5) is 21.0. The maximum absolute atomic E-state index is 12.7. The van der Waals surface area contributed by atoms with E-state index >= 15 is 0 Å². The van der Waals surface area contributed by atoms with E-state index < -0.39 is 0 Å². The van der Waals surface area contributed by atoms with E-state index in [-0.39, 0.29) is 5.91 Å². The number of carbonyl (C=O) groups is 1. The van der Waals surface area contributed by atoms with Gasteiger partial charge in [0, 0.05) is 38.4 Å². The van der Waals surface area contributed by atoms with Gasteiger partial charge in [-0.3, -0.25) is 4.79 Å². The molecule has 1 amide bonds. The third-order valence-electron chi connectivity index (χ3n) is 4.35. The van der Waals surface area contributed by atoms with Gasteiger partial charge in [-0.05, 0) is 32.0 Å². The zero-order valence-electron chi connectivity index (χ0n) is 15.4. The number of amides is 1. The lowest BCUT2D eigenvalue weighted by Gasteiger charge is -2.36. The van der Waals surface area contributed by atoms with Gasteiger partial charge in [0.2, 0.25) is 5.88 Å². The Hall–Kier alpha value is -2.76. The Morgan fingerprint density at radius 2 is 1.73 bits per heavy atom. The Labute approximate surface area is 154 Å². The summed E-state index contributed by atoms with van der Waals surface area (Å²) in [5.74, 6) is 1.45. The highest BCUT2D eigenvalue weighted by Gasteiger charge is 2.24. The lowest BCUT2D eigenvalue weighted by Crippen LogP contribution is -2.48. The highest BCUT2D eigenvalue weighted by atomic mass is 16.5. The van der Waals surface area contributed by atoms with E-state index in [0.29, 0.717) is 37.7 Å². The molecule has 6 nitrogen and oxygen atoms in total. The molecule has 3 rings (SSSR count). The predicted molar refractivity (Wildman–Crippen MR) is 101 cm³/mol. The van der Waals surface area contributed by atoms with Gasteiger partial charge in [-0.25, -0.2) is 4.98 Å². The van der Waals surface area contributed by atoms with E-state index in [2.05, 4.69) is 16.0 Å². The Kier molecular flexibility index (Phi) is 5.94. The molecule has 1 saturated heterocycles. The SMILES string of the molecule is CCOc1ccc(C(=O)N2CCN(c3ccccc3OCC)CC2)cn1. The molecule has 138 valence electrons. The van der Waals surface area contributed by atoms with Gasteiger partial charge in [-0.15, -0.1) is 0 Å². The first-order chi connectivity index (χ1) is 12.7. The first-order valence-electron chi connectivity index (χ1n) is 9.07. The monoisotopic (exact) mass is 355 g/mol. The van der Waals surface area contributed by atoms with Crippen LogP contribution < -0.4 is 14.4 Å².